The van der Waals surface area contributed by atoms with Gasteiger partial charge in [0.1, 0.15) is 23.3 Å². The number of aromatic nitrogens is 5. The Morgan fingerprint density at radius 3 is 2.52 bits per heavy atom. The highest BCUT2D eigenvalue weighted by Gasteiger charge is 2.32. The second-order valence-electron chi connectivity index (χ2n) is 10.7. The molecule has 2 aliphatic rings. The Labute approximate surface area is 242 Å². The number of nitrogens with zero attached hydrogens (tertiary/aromatic N) is 7. The van der Waals surface area contributed by atoms with E-state index in [0.29, 0.717) is 40.6 Å². The molecule has 2 aliphatic heterocycles. The SMILES string of the molecule is CCCS(=O)(=O)Nc1ccc(F)c(-n2cc(-c3cncnc3)c3nc(N(C)C4CCN(C5COC5)CC4)ncc32)c1F. The van der Waals surface area contributed by atoms with Crippen LogP contribution in [0.4, 0.5) is 20.4 Å². The maximum absolute atomic E-state index is 15.8. The molecule has 222 valence electrons. The van der Waals surface area contributed by atoms with E-state index in [4.69, 9.17) is 9.72 Å². The van der Waals surface area contributed by atoms with Crippen LogP contribution in [-0.4, -0.2) is 89.0 Å². The van der Waals surface area contributed by atoms with Crippen molar-refractivity contribution in [3.63, 3.8) is 0 Å². The summed E-state index contributed by atoms with van der Waals surface area (Å²) in [5, 5.41) is 0. The molecule has 0 bridgehead atoms. The maximum atomic E-state index is 15.8. The molecule has 6 rings (SSSR count). The Hall–Kier alpha value is -3.75. The number of anilines is 2. The summed E-state index contributed by atoms with van der Waals surface area (Å²) < 4.78 is 64.7. The van der Waals surface area contributed by atoms with E-state index in [2.05, 4.69) is 29.5 Å². The molecule has 11 nitrogen and oxygen atoms in total. The van der Waals surface area contributed by atoms with Gasteiger partial charge in [-0.3, -0.25) is 9.62 Å². The first kappa shape index (κ1) is 28.4. The van der Waals surface area contributed by atoms with Crippen LogP contribution in [0.1, 0.15) is 26.2 Å². The summed E-state index contributed by atoms with van der Waals surface area (Å²) in [4.78, 5) is 22.2. The third-order valence-corrected chi connectivity index (χ3v) is 9.42. The molecule has 5 heterocycles. The molecule has 0 amide bonds. The first-order valence-electron chi connectivity index (χ1n) is 13.9. The number of rotatable bonds is 9. The van der Waals surface area contributed by atoms with E-state index in [0.717, 1.165) is 51.3 Å². The number of ether oxygens (including phenoxy) is 1. The van der Waals surface area contributed by atoms with Gasteiger partial charge in [-0.15, -0.1) is 0 Å². The standard InChI is InChI=1S/C28H32F2N8O3S/c1-3-10-42(39,40)35-23-5-4-22(29)27(25(23)30)38-14-21(18-11-31-17-32-12-18)26-24(38)13-33-28(34-26)36(2)19-6-8-37(9-7-19)20-15-41-16-20/h4-5,11-14,17,19-20,35H,3,6-10,15-16H2,1-2H3. The summed E-state index contributed by atoms with van der Waals surface area (Å²) in [5.74, 6) is -1.62. The Balaban J connectivity index is 1.40. The molecule has 3 aromatic heterocycles. The minimum atomic E-state index is -3.81. The Morgan fingerprint density at radius 2 is 1.86 bits per heavy atom. The second kappa shape index (κ2) is 11.5. The summed E-state index contributed by atoms with van der Waals surface area (Å²) in [6, 6.07) is 2.84. The van der Waals surface area contributed by atoms with Crippen LogP contribution in [0.3, 0.4) is 0 Å². The van der Waals surface area contributed by atoms with Gasteiger partial charge in [0.2, 0.25) is 16.0 Å². The Morgan fingerprint density at radius 1 is 1.12 bits per heavy atom. The summed E-state index contributed by atoms with van der Waals surface area (Å²) in [5.41, 5.74) is 1.17. The van der Waals surface area contributed by atoms with E-state index in [-0.39, 0.29) is 17.5 Å². The largest absolute Gasteiger partial charge is 0.378 e. The van der Waals surface area contributed by atoms with Crippen molar-refractivity contribution in [2.75, 3.05) is 48.7 Å². The molecule has 0 saturated carbocycles. The molecular formula is C28H32F2N8O3S. The molecule has 4 aromatic rings. The van der Waals surface area contributed by atoms with E-state index in [9.17, 15) is 8.42 Å². The van der Waals surface area contributed by atoms with Gasteiger partial charge >= 0.3 is 0 Å². The zero-order valence-corrected chi connectivity index (χ0v) is 24.2. The number of hydrogen-bond donors (Lipinski definition) is 1. The minimum absolute atomic E-state index is 0.193. The van der Waals surface area contributed by atoms with Crippen molar-refractivity contribution >= 4 is 32.7 Å². The van der Waals surface area contributed by atoms with Crippen molar-refractivity contribution in [3.8, 4) is 16.8 Å². The molecule has 0 spiro atoms. The summed E-state index contributed by atoms with van der Waals surface area (Å²) in [6.45, 7) is 5.21. The number of fused-ring (bicyclic) bond motifs is 1. The van der Waals surface area contributed by atoms with Gasteiger partial charge in [0.15, 0.2) is 5.82 Å². The van der Waals surface area contributed by atoms with E-state index in [1.807, 2.05) is 7.05 Å². The average molecular weight is 599 g/mol. The summed E-state index contributed by atoms with van der Waals surface area (Å²) in [6.07, 6.45) is 9.92. The van der Waals surface area contributed by atoms with Gasteiger partial charge in [0, 0.05) is 55.9 Å². The van der Waals surface area contributed by atoms with Gasteiger partial charge in [-0.05, 0) is 31.4 Å². The number of sulfonamides is 1. The number of nitrogens with one attached hydrogen (secondary N) is 1. The number of halogens is 2. The van der Waals surface area contributed by atoms with Gasteiger partial charge in [-0.2, -0.15) is 0 Å². The van der Waals surface area contributed by atoms with E-state index >= 15 is 8.78 Å². The Kier molecular flexibility index (Phi) is 7.77. The third-order valence-electron chi connectivity index (χ3n) is 7.95. The van der Waals surface area contributed by atoms with Gasteiger partial charge < -0.3 is 14.2 Å². The fourth-order valence-corrected chi connectivity index (χ4v) is 6.70. The van der Waals surface area contributed by atoms with Crippen LogP contribution in [0.5, 0.6) is 0 Å². The van der Waals surface area contributed by atoms with Crippen molar-refractivity contribution in [2.45, 2.75) is 38.3 Å². The lowest BCUT2D eigenvalue weighted by Gasteiger charge is -2.43. The first-order chi connectivity index (χ1) is 20.3. The van der Waals surface area contributed by atoms with Gasteiger partial charge in [0.25, 0.3) is 0 Å². The monoisotopic (exact) mass is 598 g/mol. The average Bonchev–Trinajstić information content (AvgIpc) is 3.33. The predicted molar refractivity (Wildman–Crippen MR) is 155 cm³/mol. The smallest absolute Gasteiger partial charge is 0.232 e. The highest BCUT2D eigenvalue weighted by molar-refractivity contribution is 7.92. The molecule has 2 fully saturated rings. The molecular weight excluding hydrogens is 566 g/mol. The molecule has 0 radical (unpaired) electrons. The van der Waals surface area contributed by atoms with Crippen molar-refractivity contribution in [1.82, 2.24) is 29.4 Å². The van der Waals surface area contributed by atoms with Crippen LogP contribution >= 0.6 is 0 Å². The van der Waals surface area contributed by atoms with Crippen LogP contribution in [0.25, 0.3) is 27.8 Å². The zero-order chi connectivity index (χ0) is 29.4. The first-order valence-corrected chi connectivity index (χ1v) is 15.6. The zero-order valence-electron chi connectivity index (χ0n) is 23.4. The predicted octanol–water partition coefficient (Wildman–Crippen LogP) is 3.61. The molecule has 0 atom stereocenters. The van der Waals surface area contributed by atoms with Gasteiger partial charge in [-0.25, -0.2) is 37.1 Å². The lowest BCUT2D eigenvalue weighted by molar-refractivity contribution is -0.0711. The molecule has 0 unspecified atom stereocenters. The molecule has 1 N–H and O–H groups in total. The van der Waals surface area contributed by atoms with Crippen LogP contribution in [0.2, 0.25) is 0 Å². The van der Waals surface area contributed by atoms with Gasteiger partial charge in [0.05, 0.1) is 42.4 Å². The number of benzene rings is 1. The second-order valence-corrected chi connectivity index (χ2v) is 12.5. The topological polar surface area (TPSA) is 118 Å². The number of hydrogen-bond acceptors (Lipinski definition) is 9. The van der Waals surface area contributed by atoms with Crippen LogP contribution < -0.4 is 9.62 Å². The molecule has 1 aromatic carbocycles. The van der Waals surface area contributed by atoms with Crippen LogP contribution in [-0.2, 0) is 14.8 Å². The van der Waals surface area contributed by atoms with Crippen LogP contribution in [0.15, 0.2) is 43.2 Å². The molecule has 14 heteroatoms. The maximum Gasteiger partial charge on any atom is 0.232 e. The highest BCUT2D eigenvalue weighted by atomic mass is 32.2. The summed E-state index contributed by atoms with van der Waals surface area (Å²) in [7, 11) is -1.85. The van der Waals surface area contributed by atoms with Gasteiger partial charge in [-0.1, -0.05) is 6.92 Å². The fourth-order valence-electron chi connectivity index (χ4n) is 5.57. The molecule has 0 aliphatic carbocycles. The quantitative estimate of drug-likeness (QED) is 0.308. The highest BCUT2D eigenvalue weighted by Crippen LogP contribution is 2.35. The van der Waals surface area contributed by atoms with Crippen molar-refractivity contribution in [1.29, 1.82) is 0 Å². The van der Waals surface area contributed by atoms with Crippen molar-refractivity contribution in [2.24, 2.45) is 0 Å². The lowest BCUT2D eigenvalue weighted by atomic mass is 10.0. The van der Waals surface area contributed by atoms with Crippen molar-refractivity contribution in [3.05, 3.63) is 54.9 Å². The van der Waals surface area contributed by atoms with E-state index in [1.54, 1.807) is 25.5 Å². The van der Waals surface area contributed by atoms with Crippen molar-refractivity contribution < 1.29 is 21.9 Å². The normalized spacial score (nSPS) is 17.0. The third kappa shape index (κ3) is 5.41. The number of piperidine rings is 1. The number of likely N-dealkylation sites (tertiary alicyclic amines) is 1. The minimum Gasteiger partial charge on any atom is -0.378 e. The fraction of sp³-hybridized carbons (Fsp3) is 0.429. The summed E-state index contributed by atoms with van der Waals surface area (Å²) >= 11 is 0. The van der Waals surface area contributed by atoms with E-state index in [1.165, 1.54) is 17.1 Å². The van der Waals surface area contributed by atoms with Crippen LogP contribution in [0, 0.1) is 11.6 Å². The Bertz CT molecular complexity index is 1690. The molecule has 2 saturated heterocycles. The van der Waals surface area contributed by atoms with E-state index < -0.39 is 27.3 Å². The lowest BCUT2D eigenvalue weighted by Crippen LogP contribution is -2.54. The molecule has 42 heavy (non-hydrogen) atoms.